The molecule has 1 aromatic carbocycles. The van der Waals surface area contributed by atoms with Crippen molar-refractivity contribution >= 4 is 11.8 Å². The zero-order valence-corrected chi connectivity index (χ0v) is 7.03. The Hall–Kier alpha value is -0.700. The number of hydrogen-bond acceptors (Lipinski definition) is 2. The number of rotatable bonds is 3. The van der Waals surface area contributed by atoms with Crippen molar-refractivity contribution in [3.05, 3.63) is 30.1 Å². The van der Waals surface area contributed by atoms with Crippen LogP contribution in [-0.4, -0.2) is 12.2 Å². The first kappa shape index (κ1) is 8.40. The average Bonchev–Trinajstić information content (AvgIpc) is 2.04. The minimum absolute atomic E-state index is 0.235. The lowest BCUT2D eigenvalue weighted by atomic mass is 10.3. The van der Waals surface area contributed by atoms with Crippen LogP contribution < -0.4 is 4.74 Å². The summed E-state index contributed by atoms with van der Waals surface area (Å²) >= 11 is 1.58. The molecule has 0 bridgehead atoms. The molecule has 1 nitrogen and oxygen atoms in total. The fourth-order valence-electron chi connectivity index (χ4n) is 0.658. The summed E-state index contributed by atoms with van der Waals surface area (Å²) < 4.78 is 17.6. The molecule has 0 atom stereocenters. The predicted octanol–water partition coefficient (Wildman–Crippen LogP) is 2.53. The molecule has 0 aromatic heterocycles. The third kappa shape index (κ3) is 2.80. The van der Waals surface area contributed by atoms with Gasteiger partial charge in [-0.1, -0.05) is 0 Å². The topological polar surface area (TPSA) is 9.23 Å². The second-order valence-corrected chi connectivity index (χ2v) is 2.82. The second kappa shape index (κ2) is 4.23. The maximum absolute atomic E-state index is 12.3. The van der Waals surface area contributed by atoms with Gasteiger partial charge in [-0.25, -0.2) is 4.39 Å². The Morgan fingerprint density at radius 1 is 1.36 bits per heavy atom. The smallest absolute Gasteiger partial charge is 0.133 e. The first-order valence-electron chi connectivity index (χ1n) is 3.20. The van der Waals surface area contributed by atoms with Crippen molar-refractivity contribution in [2.45, 2.75) is 0 Å². The summed E-state index contributed by atoms with van der Waals surface area (Å²) in [5.74, 6) is 1.08. The maximum Gasteiger partial charge on any atom is 0.133 e. The number of thioether (sulfide) groups is 1. The number of halogens is 1. The third-order valence-corrected chi connectivity index (χ3v) is 1.51. The van der Waals surface area contributed by atoms with E-state index < -0.39 is 0 Å². The zero-order valence-electron chi connectivity index (χ0n) is 6.21. The normalized spacial score (nSPS) is 9.64. The highest BCUT2D eigenvalue weighted by Crippen LogP contribution is 2.12. The molecule has 0 radical (unpaired) electrons. The van der Waals surface area contributed by atoms with E-state index in [1.54, 1.807) is 23.9 Å². The SMILES string of the molecule is CSCOc1ccc(F)cc1. The van der Waals surface area contributed by atoms with Crippen LogP contribution in [0.25, 0.3) is 0 Å². The molecule has 1 aromatic rings. The van der Waals surface area contributed by atoms with Crippen LogP contribution in [0.4, 0.5) is 4.39 Å². The summed E-state index contributed by atoms with van der Waals surface area (Å²) in [4.78, 5) is 0. The molecular weight excluding hydrogens is 163 g/mol. The standard InChI is InChI=1S/C8H9FOS/c1-11-6-10-8-4-2-7(9)3-5-8/h2-5H,6H2,1H3. The van der Waals surface area contributed by atoms with Crippen LogP contribution in [0.2, 0.25) is 0 Å². The van der Waals surface area contributed by atoms with Gasteiger partial charge >= 0.3 is 0 Å². The van der Waals surface area contributed by atoms with Gasteiger partial charge in [0, 0.05) is 0 Å². The minimum atomic E-state index is -0.235. The van der Waals surface area contributed by atoms with E-state index in [0.29, 0.717) is 11.7 Å². The van der Waals surface area contributed by atoms with Crippen molar-refractivity contribution in [3.8, 4) is 5.75 Å². The fourth-order valence-corrected chi connectivity index (χ4v) is 0.912. The lowest BCUT2D eigenvalue weighted by Gasteiger charge is -2.02. The van der Waals surface area contributed by atoms with Gasteiger partial charge in [-0.2, -0.15) is 0 Å². The first-order chi connectivity index (χ1) is 5.33. The Morgan fingerprint density at radius 2 is 2.00 bits per heavy atom. The molecule has 11 heavy (non-hydrogen) atoms. The van der Waals surface area contributed by atoms with Gasteiger partial charge in [0.15, 0.2) is 0 Å². The highest BCUT2D eigenvalue weighted by molar-refractivity contribution is 7.98. The molecule has 0 fully saturated rings. The lowest BCUT2D eigenvalue weighted by Crippen LogP contribution is -1.90. The van der Waals surface area contributed by atoms with E-state index in [1.165, 1.54) is 12.1 Å². The number of benzene rings is 1. The minimum Gasteiger partial charge on any atom is -0.483 e. The van der Waals surface area contributed by atoms with Crippen molar-refractivity contribution in [2.24, 2.45) is 0 Å². The molecule has 60 valence electrons. The molecule has 0 saturated heterocycles. The molecule has 0 unspecified atom stereocenters. The van der Waals surface area contributed by atoms with Gasteiger partial charge in [0.05, 0.1) is 0 Å². The van der Waals surface area contributed by atoms with Crippen LogP contribution in [0.1, 0.15) is 0 Å². The van der Waals surface area contributed by atoms with Crippen LogP contribution in [0.15, 0.2) is 24.3 Å². The van der Waals surface area contributed by atoms with Crippen molar-refractivity contribution < 1.29 is 9.13 Å². The van der Waals surface area contributed by atoms with E-state index in [-0.39, 0.29) is 5.82 Å². The molecule has 3 heteroatoms. The second-order valence-electron chi connectivity index (χ2n) is 2.00. The summed E-state index contributed by atoms with van der Waals surface area (Å²) in [6, 6.07) is 6.00. The molecule has 0 aliphatic heterocycles. The lowest BCUT2D eigenvalue weighted by molar-refractivity contribution is 0.392. The molecule has 0 saturated carbocycles. The Morgan fingerprint density at radius 3 is 2.55 bits per heavy atom. The molecule has 0 aliphatic rings. The number of hydrogen-bond donors (Lipinski definition) is 0. The van der Waals surface area contributed by atoms with Gasteiger partial charge in [0.2, 0.25) is 0 Å². The van der Waals surface area contributed by atoms with Crippen molar-refractivity contribution in [2.75, 3.05) is 12.2 Å². The molecule has 0 amide bonds. The maximum atomic E-state index is 12.3. The summed E-state index contributed by atoms with van der Waals surface area (Å²) in [5.41, 5.74) is 0. The van der Waals surface area contributed by atoms with Gasteiger partial charge in [-0.05, 0) is 30.5 Å². The van der Waals surface area contributed by atoms with Crippen molar-refractivity contribution in [1.29, 1.82) is 0 Å². The molecule has 1 rings (SSSR count). The average molecular weight is 172 g/mol. The van der Waals surface area contributed by atoms with Crippen LogP contribution in [0.5, 0.6) is 5.75 Å². The van der Waals surface area contributed by atoms with E-state index in [0.717, 1.165) is 0 Å². The summed E-state index contributed by atoms with van der Waals surface area (Å²) in [7, 11) is 0. The third-order valence-electron chi connectivity index (χ3n) is 1.16. The first-order valence-corrected chi connectivity index (χ1v) is 4.59. The van der Waals surface area contributed by atoms with Gasteiger partial charge in [-0.15, -0.1) is 11.8 Å². The Balaban J connectivity index is 2.52. The van der Waals surface area contributed by atoms with Gasteiger partial charge in [-0.3, -0.25) is 0 Å². The summed E-state index contributed by atoms with van der Waals surface area (Å²) in [5, 5.41) is 0. The Kier molecular flexibility index (Phi) is 3.23. The Labute approximate surface area is 69.6 Å². The highest BCUT2D eigenvalue weighted by Gasteiger charge is 1.91. The molecule has 0 aliphatic carbocycles. The van der Waals surface area contributed by atoms with Gasteiger partial charge < -0.3 is 4.74 Å². The van der Waals surface area contributed by atoms with Crippen molar-refractivity contribution in [1.82, 2.24) is 0 Å². The zero-order chi connectivity index (χ0) is 8.10. The molecule has 0 heterocycles. The van der Waals surface area contributed by atoms with E-state index in [1.807, 2.05) is 6.26 Å². The molecular formula is C8H9FOS. The van der Waals surface area contributed by atoms with E-state index >= 15 is 0 Å². The monoisotopic (exact) mass is 172 g/mol. The molecule has 0 spiro atoms. The number of ether oxygens (including phenoxy) is 1. The largest absolute Gasteiger partial charge is 0.483 e. The van der Waals surface area contributed by atoms with E-state index in [2.05, 4.69) is 0 Å². The highest BCUT2D eigenvalue weighted by atomic mass is 32.2. The van der Waals surface area contributed by atoms with Crippen LogP contribution in [0, 0.1) is 5.82 Å². The van der Waals surface area contributed by atoms with Crippen LogP contribution in [-0.2, 0) is 0 Å². The van der Waals surface area contributed by atoms with E-state index in [4.69, 9.17) is 4.74 Å². The fraction of sp³-hybridized carbons (Fsp3) is 0.250. The van der Waals surface area contributed by atoms with Crippen molar-refractivity contribution in [3.63, 3.8) is 0 Å². The van der Waals surface area contributed by atoms with Gasteiger partial charge in [0.25, 0.3) is 0 Å². The van der Waals surface area contributed by atoms with E-state index in [9.17, 15) is 4.39 Å². The van der Waals surface area contributed by atoms with Crippen LogP contribution >= 0.6 is 11.8 Å². The quantitative estimate of drug-likeness (QED) is 0.648. The predicted molar refractivity (Wildman–Crippen MR) is 45.4 cm³/mol. The van der Waals surface area contributed by atoms with Gasteiger partial charge in [0.1, 0.15) is 17.5 Å². The molecule has 0 N–H and O–H groups in total. The summed E-state index contributed by atoms with van der Waals surface area (Å²) in [6.45, 7) is 0. The van der Waals surface area contributed by atoms with Crippen LogP contribution in [0.3, 0.4) is 0 Å². The Bertz CT molecular complexity index is 210. The summed E-state index contributed by atoms with van der Waals surface area (Å²) in [6.07, 6.45) is 1.95.